The van der Waals surface area contributed by atoms with Gasteiger partial charge in [0.15, 0.2) is 0 Å². The van der Waals surface area contributed by atoms with E-state index in [0.29, 0.717) is 17.8 Å². The SMILES string of the molecule is C#CCN1c2ccccc2[C@@H]2C[C@H]1Sc1[nH]c3ccccc3c12. The van der Waals surface area contributed by atoms with Gasteiger partial charge in [-0.1, -0.05) is 54.1 Å². The topological polar surface area (TPSA) is 19.0 Å². The van der Waals surface area contributed by atoms with E-state index in [4.69, 9.17) is 6.42 Å². The highest BCUT2D eigenvalue weighted by Crippen LogP contribution is 2.54. The quantitative estimate of drug-likeness (QED) is 0.663. The summed E-state index contributed by atoms with van der Waals surface area (Å²) < 4.78 is 0. The first kappa shape index (κ1) is 13.2. The molecule has 0 spiro atoms. The second kappa shape index (κ2) is 4.84. The lowest BCUT2D eigenvalue weighted by Crippen LogP contribution is -2.41. The number of fused-ring (bicyclic) bond motifs is 8. The Morgan fingerprint density at radius 1 is 1.17 bits per heavy atom. The number of rotatable bonds is 1. The van der Waals surface area contributed by atoms with Crippen molar-refractivity contribution in [2.24, 2.45) is 0 Å². The predicted octanol–water partition coefficient (Wildman–Crippen LogP) is 4.57. The Labute approximate surface area is 139 Å². The fourth-order valence-corrected chi connectivity index (χ4v) is 5.46. The Balaban J connectivity index is 1.77. The Morgan fingerprint density at radius 2 is 2.00 bits per heavy atom. The third kappa shape index (κ3) is 1.79. The Kier molecular flexibility index (Phi) is 2.77. The Bertz CT molecular complexity index is 950. The van der Waals surface area contributed by atoms with Crippen LogP contribution in [0.1, 0.15) is 23.5 Å². The number of hydrogen-bond acceptors (Lipinski definition) is 2. The van der Waals surface area contributed by atoms with Gasteiger partial charge in [0.1, 0.15) is 0 Å². The van der Waals surface area contributed by atoms with Crippen molar-refractivity contribution >= 4 is 28.4 Å². The molecule has 0 saturated heterocycles. The van der Waals surface area contributed by atoms with Gasteiger partial charge in [-0.3, -0.25) is 0 Å². The number of aromatic nitrogens is 1. The number of anilines is 1. The summed E-state index contributed by atoms with van der Waals surface area (Å²) in [7, 11) is 0. The van der Waals surface area contributed by atoms with Crippen LogP contribution < -0.4 is 4.90 Å². The van der Waals surface area contributed by atoms with Gasteiger partial charge in [-0.25, -0.2) is 0 Å². The number of aromatic amines is 1. The second-order valence-corrected chi connectivity index (χ2v) is 7.35. The number of thioether (sulfide) groups is 1. The lowest BCUT2D eigenvalue weighted by atomic mass is 9.83. The molecule has 2 aliphatic heterocycles. The summed E-state index contributed by atoms with van der Waals surface area (Å²) in [5.41, 5.74) is 5.41. The molecule has 0 amide bonds. The van der Waals surface area contributed by atoms with Crippen LogP contribution in [0, 0.1) is 12.3 Å². The highest BCUT2D eigenvalue weighted by atomic mass is 32.2. The molecule has 0 saturated carbocycles. The molecular weight excluding hydrogens is 300 g/mol. The van der Waals surface area contributed by atoms with E-state index in [1.165, 1.54) is 32.7 Å². The van der Waals surface area contributed by atoms with Crippen LogP contribution in [-0.4, -0.2) is 16.9 Å². The third-order valence-corrected chi connectivity index (χ3v) is 6.26. The molecule has 2 aromatic carbocycles. The minimum Gasteiger partial charge on any atom is -0.349 e. The van der Waals surface area contributed by atoms with E-state index < -0.39 is 0 Å². The van der Waals surface area contributed by atoms with E-state index in [1.54, 1.807) is 0 Å². The van der Waals surface area contributed by atoms with E-state index >= 15 is 0 Å². The van der Waals surface area contributed by atoms with E-state index in [1.807, 2.05) is 11.8 Å². The molecule has 0 aliphatic carbocycles. The number of H-pyrrole nitrogens is 1. The Morgan fingerprint density at radius 3 is 2.91 bits per heavy atom. The molecule has 2 atom stereocenters. The van der Waals surface area contributed by atoms with Crippen molar-refractivity contribution in [3.8, 4) is 12.3 Å². The average molecular weight is 316 g/mol. The van der Waals surface area contributed by atoms with Gasteiger partial charge in [-0.15, -0.1) is 6.42 Å². The van der Waals surface area contributed by atoms with Gasteiger partial charge in [0.2, 0.25) is 0 Å². The van der Waals surface area contributed by atoms with Crippen molar-refractivity contribution in [3.05, 3.63) is 59.7 Å². The van der Waals surface area contributed by atoms with E-state index in [9.17, 15) is 0 Å². The maximum Gasteiger partial charge on any atom is 0.0830 e. The summed E-state index contributed by atoms with van der Waals surface area (Å²) in [5.74, 6) is 3.29. The minimum atomic E-state index is 0.409. The molecule has 3 aromatic rings. The maximum absolute atomic E-state index is 5.63. The van der Waals surface area contributed by atoms with Crippen molar-refractivity contribution in [1.82, 2.24) is 4.98 Å². The van der Waals surface area contributed by atoms with Crippen molar-refractivity contribution in [1.29, 1.82) is 0 Å². The van der Waals surface area contributed by atoms with E-state index in [2.05, 4.69) is 64.3 Å². The predicted molar refractivity (Wildman–Crippen MR) is 97.0 cm³/mol. The van der Waals surface area contributed by atoms with Gasteiger partial charge < -0.3 is 9.88 Å². The van der Waals surface area contributed by atoms with Crippen molar-refractivity contribution < 1.29 is 0 Å². The van der Waals surface area contributed by atoms with Crippen LogP contribution in [0.4, 0.5) is 5.69 Å². The molecule has 23 heavy (non-hydrogen) atoms. The minimum absolute atomic E-state index is 0.409. The molecule has 3 heterocycles. The molecule has 3 heteroatoms. The van der Waals surface area contributed by atoms with Gasteiger partial charge >= 0.3 is 0 Å². The number of nitrogens with zero attached hydrogens (tertiary/aromatic N) is 1. The highest BCUT2D eigenvalue weighted by molar-refractivity contribution is 8.00. The molecule has 0 radical (unpaired) electrons. The van der Waals surface area contributed by atoms with Gasteiger partial charge in [0, 0.05) is 22.5 Å². The zero-order valence-electron chi connectivity index (χ0n) is 12.6. The molecule has 1 N–H and O–H groups in total. The van der Waals surface area contributed by atoms with Gasteiger partial charge in [-0.05, 0) is 29.7 Å². The van der Waals surface area contributed by atoms with Crippen molar-refractivity contribution in [2.75, 3.05) is 11.4 Å². The smallest absolute Gasteiger partial charge is 0.0830 e. The lowest BCUT2D eigenvalue weighted by molar-refractivity contribution is 0.604. The van der Waals surface area contributed by atoms with Crippen LogP contribution in [0.15, 0.2) is 53.6 Å². The molecule has 112 valence electrons. The highest BCUT2D eigenvalue weighted by Gasteiger charge is 2.40. The standard InChI is InChI=1S/C20H16N2S/c1-2-11-22-17-10-6-4-7-13(17)15-12-18(22)23-20-19(15)14-8-3-5-9-16(14)21-20/h1,3-10,15,18,21H,11-12H2/t15-,18+/m0/s1. The lowest BCUT2D eigenvalue weighted by Gasteiger charge is -2.44. The summed E-state index contributed by atoms with van der Waals surface area (Å²) in [6, 6.07) is 17.4. The van der Waals surface area contributed by atoms with Gasteiger partial charge in [-0.2, -0.15) is 0 Å². The molecule has 2 nitrogen and oxygen atoms in total. The molecule has 0 fully saturated rings. The van der Waals surface area contributed by atoms with Crippen LogP contribution >= 0.6 is 11.8 Å². The van der Waals surface area contributed by atoms with Crippen LogP contribution in [0.25, 0.3) is 10.9 Å². The molecule has 2 aliphatic rings. The zero-order valence-corrected chi connectivity index (χ0v) is 13.4. The van der Waals surface area contributed by atoms with Crippen LogP contribution in [0.5, 0.6) is 0 Å². The van der Waals surface area contributed by atoms with E-state index in [0.717, 1.165) is 6.42 Å². The maximum atomic E-state index is 5.63. The number of para-hydroxylation sites is 2. The second-order valence-electron chi connectivity index (χ2n) is 6.17. The number of terminal acetylenes is 1. The first-order valence-corrected chi connectivity index (χ1v) is 8.81. The van der Waals surface area contributed by atoms with Crippen molar-refractivity contribution in [2.45, 2.75) is 22.7 Å². The molecule has 5 rings (SSSR count). The van der Waals surface area contributed by atoms with Gasteiger partial charge in [0.25, 0.3) is 0 Å². The zero-order chi connectivity index (χ0) is 15.4. The summed E-state index contributed by atoms with van der Waals surface area (Å²) in [6.07, 6.45) is 6.76. The summed E-state index contributed by atoms with van der Waals surface area (Å²) in [4.78, 5) is 6.00. The monoisotopic (exact) mass is 316 g/mol. The fraction of sp³-hybridized carbons (Fsp3) is 0.200. The number of hydrogen-bond donors (Lipinski definition) is 1. The van der Waals surface area contributed by atoms with Crippen LogP contribution in [-0.2, 0) is 0 Å². The molecule has 2 bridgehead atoms. The average Bonchev–Trinajstić information content (AvgIpc) is 2.96. The number of benzene rings is 2. The molecule has 1 aromatic heterocycles. The first-order valence-electron chi connectivity index (χ1n) is 7.93. The normalized spacial score (nSPS) is 21.6. The summed E-state index contributed by atoms with van der Waals surface area (Å²) in [6.45, 7) is 0.664. The number of nitrogens with one attached hydrogen (secondary N) is 1. The molecular formula is C20H16N2S. The van der Waals surface area contributed by atoms with E-state index in [-0.39, 0.29) is 0 Å². The largest absolute Gasteiger partial charge is 0.349 e. The third-order valence-electron chi connectivity index (χ3n) is 4.98. The Hall–Kier alpha value is -2.31. The fourth-order valence-electron chi connectivity index (χ4n) is 4.04. The summed E-state index contributed by atoms with van der Waals surface area (Å²) >= 11 is 1.92. The van der Waals surface area contributed by atoms with Crippen LogP contribution in [0.3, 0.4) is 0 Å². The molecule has 0 unspecified atom stereocenters. The summed E-state index contributed by atoms with van der Waals surface area (Å²) in [5, 5.41) is 3.08. The first-order chi connectivity index (χ1) is 11.4. The van der Waals surface area contributed by atoms with Crippen LogP contribution in [0.2, 0.25) is 0 Å². The van der Waals surface area contributed by atoms with Gasteiger partial charge in [0.05, 0.1) is 16.9 Å². The van der Waals surface area contributed by atoms with Crippen molar-refractivity contribution in [3.63, 3.8) is 0 Å².